The molecule has 4 atom stereocenters. The lowest BCUT2D eigenvalue weighted by molar-refractivity contribution is -0.188. The molecule has 5 nitrogen and oxygen atoms in total. The molecule has 0 aromatic carbocycles. The Hall–Kier alpha value is -0.490. The standard InChI is InChI=1S/C8H14O5/c1-4(9)2-6-8(12)7(11)5(10)3-13-6/h5-8,10-12H,2-3H2,1H3. The van der Waals surface area contributed by atoms with Crippen LogP contribution in [0.15, 0.2) is 0 Å². The normalized spacial score (nSPS) is 40.3. The number of carbonyl (C=O) groups excluding carboxylic acids is 1. The number of rotatable bonds is 2. The molecule has 13 heavy (non-hydrogen) atoms. The molecular formula is C8H14O5. The van der Waals surface area contributed by atoms with Crippen LogP contribution in [-0.4, -0.2) is 52.1 Å². The maximum absolute atomic E-state index is 10.7. The third-order valence-corrected chi connectivity index (χ3v) is 2.09. The molecule has 4 unspecified atom stereocenters. The lowest BCUT2D eigenvalue weighted by Gasteiger charge is -2.34. The lowest BCUT2D eigenvalue weighted by atomic mass is 9.97. The predicted octanol–water partition coefficient (Wildman–Crippen LogP) is -1.55. The molecule has 5 heteroatoms. The molecular weight excluding hydrogens is 176 g/mol. The van der Waals surface area contributed by atoms with Crippen molar-refractivity contribution in [2.45, 2.75) is 37.8 Å². The van der Waals surface area contributed by atoms with Crippen LogP contribution in [0.5, 0.6) is 0 Å². The molecule has 1 saturated heterocycles. The summed E-state index contributed by atoms with van der Waals surface area (Å²) in [6.45, 7) is 1.34. The zero-order valence-corrected chi connectivity index (χ0v) is 7.38. The summed E-state index contributed by atoms with van der Waals surface area (Å²) in [6.07, 6.45) is -4.12. The fourth-order valence-electron chi connectivity index (χ4n) is 1.33. The highest BCUT2D eigenvalue weighted by atomic mass is 16.5. The minimum absolute atomic E-state index is 0.0455. The Morgan fingerprint density at radius 1 is 1.38 bits per heavy atom. The fourth-order valence-corrected chi connectivity index (χ4v) is 1.33. The van der Waals surface area contributed by atoms with Gasteiger partial charge in [0, 0.05) is 6.42 Å². The highest BCUT2D eigenvalue weighted by Gasteiger charge is 2.37. The quantitative estimate of drug-likeness (QED) is 0.490. The first-order valence-electron chi connectivity index (χ1n) is 4.17. The van der Waals surface area contributed by atoms with E-state index in [-0.39, 0.29) is 18.8 Å². The molecule has 0 amide bonds. The smallest absolute Gasteiger partial charge is 0.132 e. The van der Waals surface area contributed by atoms with E-state index < -0.39 is 24.4 Å². The van der Waals surface area contributed by atoms with Crippen LogP contribution in [0.2, 0.25) is 0 Å². The van der Waals surface area contributed by atoms with Gasteiger partial charge in [0.25, 0.3) is 0 Å². The van der Waals surface area contributed by atoms with Crippen LogP contribution in [-0.2, 0) is 9.53 Å². The van der Waals surface area contributed by atoms with Crippen LogP contribution < -0.4 is 0 Å². The third kappa shape index (κ3) is 2.47. The zero-order chi connectivity index (χ0) is 10.0. The monoisotopic (exact) mass is 190 g/mol. The molecule has 1 heterocycles. The van der Waals surface area contributed by atoms with E-state index in [1.54, 1.807) is 0 Å². The number of aliphatic hydroxyl groups excluding tert-OH is 3. The van der Waals surface area contributed by atoms with Crippen molar-refractivity contribution in [1.29, 1.82) is 0 Å². The van der Waals surface area contributed by atoms with Crippen molar-refractivity contribution in [2.24, 2.45) is 0 Å². The molecule has 0 spiro atoms. The van der Waals surface area contributed by atoms with E-state index in [1.165, 1.54) is 6.92 Å². The second-order valence-electron chi connectivity index (χ2n) is 3.33. The number of carbonyl (C=O) groups is 1. The first-order valence-corrected chi connectivity index (χ1v) is 4.17. The molecule has 76 valence electrons. The molecule has 0 aromatic rings. The number of hydrogen-bond donors (Lipinski definition) is 3. The van der Waals surface area contributed by atoms with Crippen LogP contribution in [0, 0.1) is 0 Å². The Morgan fingerprint density at radius 2 is 2.00 bits per heavy atom. The SMILES string of the molecule is CC(=O)CC1OCC(O)C(O)C1O. The van der Waals surface area contributed by atoms with Crippen LogP contribution in [0.25, 0.3) is 0 Å². The van der Waals surface area contributed by atoms with E-state index in [0.29, 0.717) is 0 Å². The van der Waals surface area contributed by atoms with Gasteiger partial charge in [0.15, 0.2) is 0 Å². The summed E-state index contributed by atoms with van der Waals surface area (Å²) in [5.74, 6) is -0.118. The van der Waals surface area contributed by atoms with Crippen molar-refractivity contribution < 1.29 is 24.9 Å². The fraction of sp³-hybridized carbons (Fsp3) is 0.875. The number of Topliss-reactive ketones (excluding diaryl/α,β-unsaturated/α-hetero) is 1. The first kappa shape index (κ1) is 10.6. The Balaban J connectivity index is 2.53. The third-order valence-electron chi connectivity index (χ3n) is 2.09. The van der Waals surface area contributed by atoms with E-state index in [9.17, 15) is 15.0 Å². The van der Waals surface area contributed by atoms with Crippen molar-refractivity contribution in [2.75, 3.05) is 6.61 Å². The van der Waals surface area contributed by atoms with Gasteiger partial charge in [0.05, 0.1) is 12.7 Å². The largest absolute Gasteiger partial charge is 0.388 e. The minimum Gasteiger partial charge on any atom is -0.388 e. The van der Waals surface area contributed by atoms with Gasteiger partial charge in [-0.15, -0.1) is 0 Å². The summed E-state index contributed by atoms with van der Waals surface area (Å²) in [5, 5.41) is 27.7. The van der Waals surface area contributed by atoms with Crippen LogP contribution in [0.3, 0.4) is 0 Å². The van der Waals surface area contributed by atoms with E-state index in [1.807, 2.05) is 0 Å². The number of hydrogen-bond acceptors (Lipinski definition) is 5. The summed E-state index contributed by atoms with van der Waals surface area (Å²) in [7, 11) is 0. The minimum atomic E-state index is -1.22. The number of aliphatic hydroxyl groups is 3. The second kappa shape index (κ2) is 4.15. The van der Waals surface area contributed by atoms with Crippen molar-refractivity contribution in [3.63, 3.8) is 0 Å². The van der Waals surface area contributed by atoms with Crippen LogP contribution in [0.4, 0.5) is 0 Å². The van der Waals surface area contributed by atoms with Crippen molar-refractivity contribution in [3.8, 4) is 0 Å². The maximum atomic E-state index is 10.7. The Morgan fingerprint density at radius 3 is 2.54 bits per heavy atom. The van der Waals surface area contributed by atoms with Gasteiger partial charge in [-0.05, 0) is 6.92 Å². The molecule has 0 bridgehead atoms. The Labute approximate surface area is 75.9 Å². The highest BCUT2D eigenvalue weighted by molar-refractivity contribution is 5.76. The molecule has 0 aromatic heterocycles. The number of ether oxygens (including phenoxy) is 1. The molecule has 1 aliphatic rings. The summed E-state index contributed by atoms with van der Waals surface area (Å²) in [5.41, 5.74) is 0. The van der Waals surface area contributed by atoms with Crippen LogP contribution >= 0.6 is 0 Å². The first-order chi connectivity index (χ1) is 6.02. The average Bonchev–Trinajstić information content (AvgIpc) is 2.06. The number of ketones is 1. The Kier molecular flexibility index (Phi) is 3.38. The molecule has 3 N–H and O–H groups in total. The highest BCUT2D eigenvalue weighted by Crippen LogP contribution is 2.17. The Bertz CT molecular complexity index is 193. The van der Waals surface area contributed by atoms with Crippen molar-refractivity contribution in [3.05, 3.63) is 0 Å². The van der Waals surface area contributed by atoms with Gasteiger partial charge in [0.1, 0.15) is 24.1 Å². The molecule has 1 rings (SSSR count). The summed E-state index contributed by atoms with van der Waals surface area (Å²) < 4.78 is 5.00. The molecule has 0 saturated carbocycles. The molecule has 0 radical (unpaired) electrons. The van der Waals surface area contributed by atoms with E-state index >= 15 is 0 Å². The summed E-state index contributed by atoms with van der Waals surface area (Å²) >= 11 is 0. The second-order valence-corrected chi connectivity index (χ2v) is 3.33. The summed E-state index contributed by atoms with van der Waals surface area (Å²) in [6, 6.07) is 0. The molecule has 0 aliphatic carbocycles. The van der Waals surface area contributed by atoms with Gasteiger partial charge in [0.2, 0.25) is 0 Å². The summed E-state index contributed by atoms with van der Waals surface area (Å²) in [4.78, 5) is 10.7. The molecule has 1 fully saturated rings. The van der Waals surface area contributed by atoms with E-state index in [4.69, 9.17) is 9.84 Å². The molecule has 1 aliphatic heterocycles. The van der Waals surface area contributed by atoms with Gasteiger partial charge in [-0.2, -0.15) is 0 Å². The van der Waals surface area contributed by atoms with Gasteiger partial charge in [-0.3, -0.25) is 4.79 Å². The predicted molar refractivity (Wildman–Crippen MR) is 43.1 cm³/mol. The topological polar surface area (TPSA) is 87.0 Å². The average molecular weight is 190 g/mol. The maximum Gasteiger partial charge on any atom is 0.132 e. The lowest BCUT2D eigenvalue weighted by Crippen LogP contribution is -2.53. The van der Waals surface area contributed by atoms with Crippen molar-refractivity contribution in [1.82, 2.24) is 0 Å². The van der Waals surface area contributed by atoms with Gasteiger partial charge in [-0.1, -0.05) is 0 Å². The zero-order valence-electron chi connectivity index (χ0n) is 7.38. The van der Waals surface area contributed by atoms with Gasteiger partial charge < -0.3 is 20.1 Å². The van der Waals surface area contributed by atoms with Crippen LogP contribution in [0.1, 0.15) is 13.3 Å². The van der Waals surface area contributed by atoms with Gasteiger partial charge >= 0.3 is 0 Å². The van der Waals surface area contributed by atoms with E-state index in [2.05, 4.69) is 0 Å². The van der Waals surface area contributed by atoms with Crippen molar-refractivity contribution >= 4 is 5.78 Å². The van der Waals surface area contributed by atoms with Gasteiger partial charge in [-0.25, -0.2) is 0 Å². The van der Waals surface area contributed by atoms with E-state index in [0.717, 1.165) is 0 Å².